The van der Waals surface area contributed by atoms with Gasteiger partial charge in [-0.05, 0) is 19.4 Å². The molecular weight excluding hydrogens is 298 g/mol. The summed E-state index contributed by atoms with van der Waals surface area (Å²) < 4.78 is 26.0. The quantitative estimate of drug-likeness (QED) is 0.573. The van der Waals surface area contributed by atoms with Crippen LogP contribution in [0.3, 0.4) is 0 Å². The van der Waals surface area contributed by atoms with Gasteiger partial charge in [-0.15, -0.1) is 0 Å². The number of aliphatic hydroxyl groups is 1. The maximum Gasteiger partial charge on any atom is 0.270 e. The molecule has 9 heteroatoms. The number of hydrogen-bond donors (Lipinski definition) is 2. The summed E-state index contributed by atoms with van der Waals surface area (Å²) in [5.41, 5.74) is -0.0130. The number of anilines is 1. The molecule has 8 nitrogen and oxygen atoms in total. The molecule has 0 aliphatic rings. The van der Waals surface area contributed by atoms with Crippen molar-refractivity contribution in [2.24, 2.45) is 0 Å². The summed E-state index contributed by atoms with van der Waals surface area (Å²) in [6, 6.07) is 3.62. The molecule has 0 bridgehead atoms. The largest absolute Gasteiger partial charge is 0.393 e. The van der Waals surface area contributed by atoms with E-state index in [1.807, 2.05) is 0 Å². The molecule has 0 aromatic heterocycles. The number of rotatable bonds is 7. The Morgan fingerprint density at radius 2 is 2.10 bits per heavy atom. The normalized spacial score (nSPS) is 13.2. The molecule has 1 aromatic rings. The van der Waals surface area contributed by atoms with Gasteiger partial charge in [-0.1, -0.05) is 0 Å². The summed E-state index contributed by atoms with van der Waals surface area (Å²) >= 11 is 0. The van der Waals surface area contributed by atoms with E-state index in [0.29, 0.717) is 0 Å². The summed E-state index contributed by atoms with van der Waals surface area (Å²) in [6.45, 7) is 1.68. The lowest BCUT2D eigenvalue weighted by Crippen LogP contribution is -2.30. The van der Waals surface area contributed by atoms with Gasteiger partial charge in [0.1, 0.15) is 4.90 Å². The van der Waals surface area contributed by atoms with E-state index in [0.717, 1.165) is 10.4 Å². The highest BCUT2D eigenvalue weighted by atomic mass is 32.2. The van der Waals surface area contributed by atoms with Gasteiger partial charge in [0.25, 0.3) is 5.69 Å². The number of nitro benzene ring substituents is 1. The molecule has 1 atom stereocenters. The Morgan fingerprint density at radius 1 is 1.48 bits per heavy atom. The van der Waals surface area contributed by atoms with Crippen molar-refractivity contribution in [3.05, 3.63) is 28.3 Å². The van der Waals surface area contributed by atoms with E-state index in [1.165, 1.54) is 26.2 Å². The second-order valence-corrected chi connectivity index (χ2v) is 6.67. The van der Waals surface area contributed by atoms with E-state index < -0.39 is 21.1 Å². The van der Waals surface area contributed by atoms with Gasteiger partial charge in [0.2, 0.25) is 10.0 Å². The first-order valence-corrected chi connectivity index (χ1v) is 7.74. The number of benzene rings is 1. The van der Waals surface area contributed by atoms with Gasteiger partial charge >= 0.3 is 0 Å². The van der Waals surface area contributed by atoms with Crippen LogP contribution in [0.2, 0.25) is 0 Å². The van der Waals surface area contributed by atoms with E-state index >= 15 is 0 Å². The van der Waals surface area contributed by atoms with Crippen LogP contribution in [0.25, 0.3) is 0 Å². The summed E-state index contributed by atoms with van der Waals surface area (Å²) in [5.74, 6) is 0. The first-order chi connectivity index (χ1) is 9.70. The van der Waals surface area contributed by atoms with Crippen molar-refractivity contribution in [2.45, 2.75) is 24.3 Å². The molecule has 1 rings (SSSR count). The summed E-state index contributed by atoms with van der Waals surface area (Å²) in [6.07, 6.45) is -0.351. The number of sulfonamides is 1. The van der Waals surface area contributed by atoms with Crippen LogP contribution in [-0.4, -0.2) is 49.5 Å². The van der Waals surface area contributed by atoms with Crippen molar-refractivity contribution in [1.29, 1.82) is 0 Å². The minimum absolute atomic E-state index is 0.117. The zero-order chi connectivity index (χ0) is 16.2. The minimum Gasteiger partial charge on any atom is -0.393 e. The Hall–Kier alpha value is -1.71. The predicted molar refractivity (Wildman–Crippen MR) is 78.8 cm³/mol. The molecule has 0 saturated carbocycles. The van der Waals surface area contributed by atoms with Crippen LogP contribution in [0.1, 0.15) is 13.3 Å². The number of nitrogens with zero attached hydrogens (tertiary/aromatic N) is 2. The third-order valence-corrected chi connectivity index (χ3v) is 4.89. The van der Waals surface area contributed by atoms with Crippen molar-refractivity contribution in [2.75, 3.05) is 26.0 Å². The summed E-state index contributed by atoms with van der Waals surface area (Å²) in [4.78, 5) is 10.0. The lowest BCUT2D eigenvalue weighted by Gasteiger charge is -2.19. The smallest absolute Gasteiger partial charge is 0.270 e. The molecule has 1 unspecified atom stereocenters. The Bertz CT molecular complexity index is 615. The standard InChI is InChI=1S/C12H19N3O5S/c1-9(16)6-7-14(3)21(19,20)12-8-10(15(17)18)4-5-11(12)13-2/h4-5,8-9,13,16H,6-7H2,1-3H3. The molecule has 0 radical (unpaired) electrons. The molecule has 118 valence electrons. The highest BCUT2D eigenvalue weighted by molar-refractivity contribution is 7.89. The molecule has 0 amide bonds. The topological polar surface area (TPSA) is 113 Å². The third-order valence-electron chi connectivity index (χ3n) is 3.00. The first kappa shape index (κ1) is 17.3. The van der Waals surface area contributed by atoms with Crippen molar-refractivity contribution in [3.8, 4) is 0 Å². The third kappa shape index (κ3) is 4.13. The monoisotopic (exact) mass is 317 g/mol. The van der Waals surface area contributed by atoms with Gasteiger partial charge in [0, 0.05) is 32.8 Å². The first-order valence-electron chi connectivity index (χ1n) is 6.30. The lowest BCUT2D eigenvalue weighted by molar-refractivity contribution is -0.385. The molecule has 0 spiro atoms. The van der Waals surface area contributed by atoms with Crippen LogP contribution in [0.5, 0.6) is 0 Å². The van der Waals surface area contributed by atoms with Crippen LogP contribution in [-0.2, 0) is 10.0 Å². The Morgan fingerprint density at radius 3 is 2.57 bits per heavy atom. The van der Waals surface area contributed by atoms with Crippen molar-refractivity contribution >= 4 is 21.4 Å². The molecule has 0 saturated heterocycles. The molecule has 2 N–H and O–H groups in total. The lowest BCUT2D eigenvalue weighted by atomic mass is 10.3. The molecule has 0 aliphatic carbocycles. The fourth-order valence-corrected chi connectivity index (χ4v) is 3.10. The van der Waals surface area contributed by atoms with Gasteiger partial charge in [-0.3, -0.25) is 10.1 Å². The van der Waals surface area contributed by atoms with Gasteiger partial charge in [0.15, 0.2) is 0 Å². The van der Waals surface area contributed by atoms with E-state index in [4.69, 9.17) is 0 Å². The SMILES string of the molecule is CNc1ccc([N+](=O)[O-])cc1S(=O)(=O)N(C)CCC(C)O. The van der Waals surface area contributed by atoms with E-state index in [1.54, 1.807) is 6.92 Å². The van der Waals surface area contributed by atoms with E-state index in [2.05, 4.69) is 5.32 Å². The number of nitrogens with one attached hydrogen (secondary N) is 1. The number of aliphatic hydroxyl groups excluding tert-OH is 1. The fraction of sp³-hybridized carbons (Fsp3) is 0.500. The van der Waals surface area contributed by atoms with Crippen molar-refractivity contribution in [3.63, 3.8) is 0 Å². The second-order valence-electron chi connectivity index (χ2n) is 4.65. The van der Waals surface area contributed by atoms with Crippen LogP contribution < -0.4 is 5.32 Å². The average Bonchev–Trinajstić information content (AvgIpc) is 2.43. The Labute approximate surface area is 123 Å². The van der Waals surface area contributed by atoms with Crippen LogP contribution in [0.15, 0.2) is 23.1 Å². The number of non-ortho nitro benzene ring substituents is 1. The Balaban J connectivity index is 3.22. The van der Waals surface area contributed by atoms with Crippen LogP contribution >= 0.6 is 0 Å². The summed E-state index contributed by atoms with van der Waals surface area (Å²) in [7, 11) is -0.969. The minimum atomic E-state index is -3.88. The predicted octanol–water partition coefficient (Wildman–Crippen LogP) is 1.03. The second kappa shape index (κ2) is 6.83. The molecule has 0 fully saturated rings. The number of nitro groups is 1. The molecular formula is C12H19N3O5S. The fourth-order valence-electron chi connectivity index (χ4n) is 1.70. The van der Waals surface area contributed by atoms with Gasteiger partial charge < -0.3 is 10.4 Å². The van der Waals surface area contributed by atoms with Gasteiger partial charge in [-0.25, -0.2) is 12.7 Å². The van der Waals surface area contributed by atoms with E-state index in [-0.39, 0.29) is 29.2 Å². The zero-order valence-electron chi connectivity index (χ0n) is 12.1. The maximum atomic E-state index is 12.5. The molecule has 0 aliphatic heterocycles. The van der Waals surface area contributed by atoms with Crippen molar-refractivity contribution in [1.82, 2.24) is 4.31 Å². The van der Waals surface area contributed by atoms with Gasteiger partial charge in [0.05, 0.1) is 16.7 Å². The van der Waals surface area contributed by atoms with Gasteiger partial charge in [-0.2, -0.15) is 0 Å². The maximum absolute atomic E-state index is 12.5. The van der Waals surface area contributed by atoms with E-state index in [9.17, 15) is 23.6 Å². The Kier molecular flexibility index (Phi) is 5.64. The molecule has 21 heavy (non-hydrogen) atoms. The highest BCUT2D eigenvalue weighted by Crippen LogP contribution is 2.28. The summed E-state index contributed by atoms with van der Waals surface area (Å²) in [5, 5.41) is 22.8. The molecule has 1 aromatic carbocycles. The highest BCUT2D eigenvalue weighted by Gasteiger charge is 2.26. The zero-order valence-corrected chi connectivity index (χ0v) is 12.9. The van der Waals surface area contributed by atoms with Crippen LogP contribution in [0, 0.1) is 10.1 Å². The molecule has 0 heterocycles. The average molecular weight is 317 g/mol. The van der Waals surface area contributed by atoms with Crippen LogP contribution in [0.4, 0.5) is 11.4 Å². The van der Waals surface area contributed by atoms with Crippen molar-refractivity contribution < 1.29 is 18.4 Å². The number of hydrogen-bond acceptors (Lipinski definition) is 6.